The van der Waals surface area contributed by atoms with Crippen LogP contribution in [0.15, 0.2) is 42.5 Å². The Hall–Kier alpha value is -2.70. The first-order chi connectivity index (χ1) is 18.5. The van der Waals surface area contributed by atoms with Crippen molar-refractivity contribution in [1.29, 1.82) is 0 Å². The van der Waals surface area contributed by atoms with Gasteiger partial charge in [0.05, 0.1) is 12.1 Å². The highest BCUT2D eigenvalue weighted by Crippen LogP contribution is 2.17. The number of hydrogen-bond acceptors (Lipinski definition) is 4. The lowest BCUT2D eigenvalue weighted by atomic mass is 9.96. The van der Waals surface area contributed by atoms with Crippen LogP contribution in [0.25, 0.3) is 0 Å². The SMILES string of the molecule is CCCN(CCC)C(=O)c1cc(C)cc(C(=O)N[C@@H](Cc2ccc(C(C)C)cc2)[C@H](O)CNCCC(C)C)c1. The minimum absolute atomic E-state index is 0.0485. The number of aryl methyl sites for hydroxylation is 1. The van der Waals surface area contributed by atoms with Gasteiger partial charge in [0, 0.05) is 30.8 Å². The molecular weight excluding hydrogens is 486 g/mol. The van der Waals surface area contributed by atoms with Gasteiger partial charge < -0.3 is 20.6 Å². The van der Waals surface area contributed by atoms with Crippen LogP contribution in [0.5, 0.6) is 0 Å². The van der Waals surface area contributed by atoms with E-state index in [1.54, 1.807) is 12.1 Å². The van der Waals surface area contributed by atoms with Crippen LogP contribution in [-0.2, 0) is 6.42 Å². The molecule has 216 valence electrons. The first-order valence-electron chi connectivity index (χ1n) is 14.7. The number of aliphatic hydroxyl groups excluding tert-OH is 1. The Labute approximate surface area is 236 Å². The molecule has 2 amide bonds. The van der Waals surface area contributed by atoms with Crippen molar-refractivity contribution in [3.63, 3.8) is 0 Å². The van der Waals surface area contributed by atoms with Gasteiger partial charge in [0.1, 0.15) is 0 Å². The molecule has 0 aliphatic rings. The molecular formula is C33H51N3O3. The number of rotatable bonds is 16. The fourth-order valence-corrected chi connectivity index (χ4v) is 4.69. The molecule has 6 nitrogen and oxygen atoms in total. The molecule has 39 heavy (non-hydrogen) atoms. The summed E-state index contributed by atoms with van der Waals surface area (Å²) in [5.74, 6) is 0.686. The number of carbonyl (C=O) groups is 2. The van der Waals surface area contributed by atoms with Gasteiger partial charge >= 0.3 is 0 Å². The third kappa shape index (κ3) is 10.8. The van der Waals surface area contributed by atoms with E-state index in [-0.39, 0.29) is 11.8 Å². The predicted octanol–water partition coefficient (Wildman–Crippen LogP) is 5.72. The summed E-state index contributed by atoms with van der Waals surface area (Å²) >= 11 is 0. The molecule has 3 N–H and O–H groups in total. The second-order valence-corrected chi connectivity index (χ2v) is 11.5. The predicted molar refractivity (Wildman–Crippen MR) is 161 cm³/mol. The number of aliphatic hydroxyl groups is 1. The normalized spacial score (nSPS) is 13.0. The molecule has 6 heteroatoms. The molecule has 0 heterocycles. The Morgan fingerprint density at radius 3 is 2.10 bits per heavy atom. The summed E-state index contributed by atoms with van der Waals surface area (Å²) in [4.78, 5) is 28.6. The van der Waals surface area contributed by atoms with E-state index in [0.29, 0.717) is 49.0 Å². The first kappa shape index (κ1) is 32.5. The maximum Gasteiger partial charge on any atom is 0.253 e. The lowest BCUT2D eigenvalue weighted by Crippen LogP contribution is -2.49. The van der Waals surface area contributed by atoms with Crippen LogP contribution in [0.1, 0.15) is 104 Å². The maximum atomic E-state index is 13.5. The Morgan fingerprint density at radius 2 is 1.54 bits per heavy atom. The number of hydrogen-bond donors (Lipinski definition) is 3. The number of benzene rings is 2. The zero-order valence-electron chi connectivity index (χ0n) is 25.2. The lowest BCUT2D eigenvalue weighted by Gasteiger charge is -2.26. The van der Waals surface area contributed by atoms with E-state index in [4.69, 9.17) is 0 Å². The van der Waals surface area contributed by atoms with Gasteiger partial charge in [-0.2, -0.15) is 0 Å². The van der Waals surface area contributed by atoms with E-state index in [1.807, 2.05) is 17.9 Å². The molecule has 0 saturated carbocycles. The van der Waals surface area contributed by atoms with Crippen molar-refractivity contribution in [3.8, 4) is 0 Å². The summed E-state index contributed by atoms with van der Waals surface area (Å²) in [6.07, 6.45) is 2.53. The van der Waals surface area contributed by atoms with Gasteiger partial charge in [-0.3, -0.25) is 9.59 Å². The van der Waals surface area contributed by atoms with Gasteiger partial charge in [-0.1, -0.05) is 65.8 Å². The van der Waals surface area contributed by atoms with Crippen molar-refractivity contribution < 1.29 is 14.7 Å². The van der Waals surface area contributed by atoms with E-state index in [2.05, 4.69) is 76.4 Å². The Kier molecular flexibility index (Phi) is 13.7. The van der Waals surface area contributed by atoms with Crippen molar-refractivity contribution in [2.24, 2.45) is 5.92 Å². The molecule has 0 fully saturated rings. The van der Waals surface area contributed by atoms with Gasteiger partial charge in [-0.15, -0.1) is 0 Å². The minimum Gasteiger partial charge on any atom is -0.390 e. The summed E-state index contributed by atoms with van der Waals surface area (Å²) in [6.45, 7) is 17.3. The van der Waals surface area contributed by atoms with Crippen LogP contribution in [0, 0.1) is 12.8 Å². The Morgan fingerprint density at radius 1 is 0.923 bits per heavy atom. The molecule has 2 aromatic rings. The summed E-state index contributed by atoms with van der Waals surface area (Å²) in [7, 11) is 0. The number of nitrogens with zero attached hydrogens (tertiary/aromatic N) is 1. The standard InChI is InChI=1S/C33H51N3O3/c1-8-16-36(17-9-2)33(39)29-19-25(7)18-28(21-29)32(38)35-30(31(37)22-34-15-14-23(3)4)20-26-10-12-27(13-11-26)24(5)6/h10-13,18-19,21,23-24,30-31,34,37H,8-9,14-17,20,22H2,1-7H3,(H,35,38)/t30-,31+/m0/s1. The van der Waals surface area contributed by atoms with Gasteiger partial charge in [0.15, 0.2) is 0 Å². The number of nitrogens with one attached hydrogen (secondary N) is 2. The fraction of sp³-hybridized carbons (Fsp3) is 0.576. The van der Waals surface area contributed by atoms with Crippen LogP contribution in [0.3, 0.4) is 0 Å². The van der Waals surface area contributed by atoms with Gasteiger partial charge in [-0.05, 0) is 85.9 Å². The Bertz CT molecular complexity index is 1030. The molecule has 2 atom stereocenters. The van der Waals surface area contributed by atoms with Gasteiger partial charge in [0.25, 0.3) is 11.8 Å². The van der Waals surface area contributed by atoms with Crippen LogP contribution in [0.4, 0.5) is 0 Å². The highest BCUT2D eigenvalue weighted by molar-refractivity contribution is 6.00. The lowest BCUT2D eigenvalue weighted by molar-refractivity contribution is 0.0755. The zero-order chi connectivity index (χ0) is 28.9. The van der Waals surface area contributed by atoms with Gasteiger partial charge in [-0.25, -0.2) is 0 Å². The van der Waals surface area contributed by atoms with Crippen molar-refractivity contribution in [3.05, 3.63) is 70.3 Å². The summed E-state index contributed by atoms with van der Waals surface area (Å²) in [5.41, 5.74) is 4.13. The molecule has 0 aliphatic carbocycles. The average molecular weight is 538 g/mol. The van der Waals surface area contributed by atoms with Crippen LogP contribution < -0.4 is 10.6 Å². The van der Waals surface area contributed by atoms with Crippen molar-refractivity contribution in [1.82, 2.24) is 15.5 Å². The van der Waals surface area contributed by atoms with E-state index in [0.717, 1.165) is 36.9 Å². The molecule has 0 unspecified atom stereocenters. The van der Waals surface area contributed by atoms with Crippen LogP contribution in [0.2, 0.25) is 0 Å². The molecule has 2 aromatic carbocycles. The molecule has 0 bridgehead atoms. The van der Waals surface area contributed by atoms with Crippen molar-refractivity contribution in [2.45, 2.75) is 92.2 Å². The summed E-state index contributed by atoms with van der Waals surface area (Å²) in [5, 5.41) is 17.5. The van der Waals surface area contributed by atoms with E-state index < -0.39 is 12.1 Å². The van der Waals surface area contributed by atoms with E-state index >= 15 is 0 Å². The average Bonchev–Trinajstić information content (AvgIpc) is 2.89. The summed E-state index contributed by atoms with van der Waals surface area (Å²) in [6, 6.07) is 13.2. The van der Waals surface area contributed by atoms with E-state index in [9.17, 15) is 14.7 Å². The topological polar surface area (TPSA) is 81.7 Å². The first-order valence-corrected chi connectivity index (χ1v) is 14.7. The molecule has 0 radical (unpaired) electrons. The molecule has 2 rings (SSSR count). The third-order valence-corrected chi connectivity index (χ3v) is 7.00. The van der Waals surface area contributed by atoms with E-state index in [1.165, 1.54) is 5.56 Å². The number of amides is 2. The quantitative estimate of drug-likeness (QED) is 0.239. The minimum atomic E-state index is -0.763. The zero-order valence-corrected chi connectivity index (χ0v) is 25.2. The number of carbonyl (C=O) groups excluding carboxylic acids is 2. The second-order valence-electron chi connectivity index (χ2n) is 11.5. The van der Waals surface area contributed by atoms with Crippen LogP contribution >= 0.6 is 0 Å². The smallest absolute Gasteiger partial charge is 0.253 e. The monoisotopic (exact) mass is 537 g/mol. The molecule has 0 spiro atoms. The van der Waals surface area contributed by atoms with Gasteiger partial charge in [0.2, 0.25) is 0 Å². The molecule has 0 aliphatic heterocycles. The molecule has 0 saturated heterocycles. The highest BCUT2D eigenvalue weighted by atomic mass is 16.3. The molecule has 0 aromatic heterocycles. The van der Waals surface area contributed by atoms with Crippen molar-refractivity contribution in [2.75, 3.05) is 26.2 Å². The largest absolute Gasteiger partial charge is 0.390 e. The maximum absolute atomic E-state index is 13.5. The third-order valence-electron chi connectivity index (χ3n) is 7.00. The summed E-state index contributed by atoms with van der Waals surface area (Å²) < 4.78 is 0. The fourth-order valence-electron chi connectivity index (χ4n) is 4.69. The second kappa shape index (κ2) is 16.4. The Balaban J connectivity index is 2.25. The van der Waals surface area contributed by atoms with Crippen molar-refractivity contribution >= 4 is 11.8 Å². The van der Waals surface area contributed by atoms with Crippen LogP contribution in [-0.4, -0.2) is 60.1 Å². The highest BCUT2D eigenvalue weighted by Gasteiger charge is 2.24.